The molecule has 2 aliphatic heterocycles. The van der Waals surface area contributed by atoms with E-state index in [9.17, 15) is 4.79 Å². The van der Waals surface area contributed by atoms with Crippen molar-refractivity contribution in [3.05, 3.63) is 42.2 Å². The quantitative estimate of drug-likeness (QED) is 0.861. The summed E-state index contributed by atoms with van der Waals surface area (Å²) in [6.07, 6.45) is 7.91. The van der Waals surface area contributed by atoms with Crippen molar-refractivity contribution in [2.24, 2.45) is 5.92 Å². The maximum absolute atomic E-state index is 12.8. The van der Waals surface area contributed by atoms with E-state index in [4.69, 9.17) is 4.74 Å². The van der Waals surface area contributed by atoms with Crippen LogP contribution in [0.2, 0.25) is 0 Å². The summed E-state index contributed by atoms with van der Waals surface area (Å²) < 4.78 is 5.83. The highest BCUT2D eigenvalue weighted by Crippen LogP contribution is 2.33. The molecule has 150 valence electrons. The van der Waals surface area contributed by atoms with Gasteiger partial charge in [-0.05, 0) is 54.5 Å². The molecule has 1 aromatic carbocycles. The fourth-order valence-corrected chi connectivity index (χ4v) is 4.59. The van der Waals surface area contributed by atoms with Crippen LogP contribution in [-0.4, -0.2) is 47.8 Å². The third-order valence-electron chi connectivity index (χ3n) is 6.32. The molecular formula is C23H31N3O2. The number of nitrogens with one attached hydrogen (secondary N) is 1. The zero-order valence-electron chi connectivity index (χ0n) is 16.9. The molecule has 0 radical (unpaired) electrons. The maximum Gasteiger partial charge on any atom is 0.317 e. The first-order chi connectivity index (χ1) is 13.6. The van der Waals surface area contributed by atoms with Gasteiger partial charge in [-0.25, -0.2) is 4.79 Å². The molecule has 2 aromatic rings. The standard InChI is InChI=1S/C23H31N3O2/c1-16(2)22-14-19(9-13-28-22)25-23(27)26-11-7-17(8-12-26)20-5-3-4-18-15-24-10-6-21(18)20/h3-6,10,15-17,19,22H,7-9,11-14H2,1-2H3,(H,25,27)/t19-,22-/m1/s1. The molecule has 2 amide bonds. The molecule has 28 heavy (non-hydrogen) atoms. The first-order valence-electron chi connectivity index (χ1n) is 10.6. The van der Waals surface area contributed by atoms with E-state index in [-0.39, 0.29) is 18.2 Å². The summed E-state index contributed by atoms with van der Waals surface area (Å²) in [5, 5.41) is 5.74. The lowest BCUT2D eigenvalue weighted by Crippen LogP contribution is -2.50. The van der Waals surface area contributed by atoms with E-state index in [2.05, 4.69) is 48.4 Å². The summed E-state index contributed by atoms with van der Waals surface area (Å²) in [6, 6.07) is 8.91. The highest BCUT2D eigenvalue weighted by Gasteiger charge is 2.29. The molecule has 3 heterocycles. The minimum absolute atomic E-state index is 0.0926. The zero-order chi connectivity index (χ0) is 19.5. The largest absolute Gasteiger partial charge is 0.378 e. The van der Waals surface area contributed by atoms with Gasteiger partial charge in [0.05, 0.1) is 6.10 Å². The minimum atomic E-state index is 0.0926. The van der Waals surface area contributed by atoms with E-state index in [1.807, 2.05) is 17.3 Å². The molecule has 0 aliphatic carbocycles. The van der Waals surface area contributed by atoms with Crippen molar-refractivity contribution < 1.29 is 9.53 Å². The van der Waals surface area contributed by atoms with E-state index < -0.39 is 0 Å². The lowest BCUT2D eigenvalue weighted by Gasteiger charge is -2.36. The van der Waals surface area contributed by atoms with Gasteiger partial charge >= 0.3 is 6.03 Å². The third kappa shape index (κ3) is 4.14. The molecule has 0 bridgehead atoms. The van der Waals surface area contributed by atoms with Crippen molar-refractivity contribution in [2.45, 2.75) is 57.6 Å². The summed E-state index contributed by atoms with van der Waals surface area (Å²) in [7, 11) is 0. The second-order valence-corrected chi connectivity index (χ2v) is 8.53. The average molecular weight is 382 g/mol. The van der Waals surface area contributed by atoms with Gasteiger partial charge < -0.3 is 15.0 Å². The van der Waals surface area contributed by atoms with E-state index in [0.717, 1.165) is 45.4 Å². The zero-order valence-corrected chi connectivity index (χ0v) is 16.9. The number of fused-ring (bicyclic) bond motifs is 1. The van der Waals surface area contributed by atoms with E-state index in [1.165, 1.54) is 16.3 Å². The molecule has 0 unspecified atom stereocenters. The Bertz CT molecular complexity index is 809. The van der Waals surface area contributed by atoms with E-state index in [1.54, 1.807) is 0 Å². The lowest BCUT2D eigenvalue weighted by atomic mass is 9.87. The Hall–Kier alpha value is -2.14. The van der Waals surface area contributed by atoms with Crippen LogP contribution in [0.5, 0.6) is 0 Å². The maximum atomic E-state index is 12.8. The number of urea groups is 1. The first-order valence-corrected chi connectivity index (χ1v) is 10.6. The fourth-order valence-electron chi connectivity index (χ4n) is 4.59. The summed E-state index contributed by atoms with van der Waals surface area (Å²) in [5.74, 6) is 0.995. The van der Waals surface area contributed by atoms with Gasteiger partial charge in [-0.3, -0.25) is 4.98 Å². The van der Waals surface area contributed by atoms with Gasteiger partial charge in [0.2, 0.25) is 0 Å². The van der Waals surface area contributed by atoms with Crippen molar-refractivity contribution >= 4 is 16.8 Å². The number of likely N-dealkylation sites (tertiary alicyclic amines) is 1. The monoisotopic (exact) mass is 381 g/mol. The number of nitrogens with zero attached hydrogens (tertiary/aromatic N) is 2. The number of aromatic nitrogens is 1. The van der Waals surface area contributed by atoms with Crippen LogP contribution in [0.1, 0.15) is 51.0 Å². The first kappa shape index (κ1) is 19.2. The van der Waals surface area contributed by atoms with Crippen LogP contribution in [0.25, 0.3) is 10.8 Å². The smallest absolute Gasteiger partial charge is 0.317 e. The number of rotatable bonds is 3. The third-order valence-corrected chi connectivity index (χ3v) is 6.32. The van der Waals surface area contributed by atoms with Crippen LogP contribution in [0.4, 0.5) is 4.79 Å². The average Bonchev–Trinajstić information content (AvgIpc) is 2.73. The van der Waals surface area contributed by atoms with Crippen LogP contribution in [0, 0.1) is 5.92 Å². The second kappa shape index (κ2) is 8.48. The second-order valence-electron chi connectivity index (χ2n) is 8.53. The normalized spacial score (nSPS) is 23.9. The van der Waals surface area contributed by atoms with Crippen molar-refractivity contribution in [1.29, 1.82) is 0 Å². The molecule has 5 nitrogen and oxygen atoms in total. The SMILES string of the molecule is CC(C)[C@H]1C[C@H](NC(=O)N2CCC(c3cccc4cnccc34)CC2)CCO1. The summed E-state index contributed by atoms with van der Waals surface area (Å²) in [4.78, 5) is 19.0. The van der Waals surface area contributed by atoms with Crippen LogP contribution >= 0.6 is 0 Å². The summed E-state index contributed by atoms with van der Waals surface area (Å²) in [5.41, 5.74) is 1.39. The molecule has 2 saturated heterocycles. The Morgan fingerprint density at radius 1 is 1.21 bits per heavy atom. The number of amides is 2. The molecule has 0 spiro atoms. The topological polar surface area (TPSA) is 54.5 Å². The van der Waals surface area contributed by atoms with Gasteiger partial charge in [-0.1, -0.05) is 32.0 Å². The summed E-state index contributed by atoms with van der Waals surface area (Å²) >= 11 is 0. The lowest BCUT2D eigenvalue weighted by molar-refractivity contribution is -0.0232. The minimum Gasteiger partial charge on any atom is -0.378 e. The molecular weight excluding hydrogens is 350 g/mol. The number of ether oxygens (including phenoxy) is 1. The highest BCUT2D eigenvalue weighted by atomic mass is 16.5. The number of carbonyl (C=O) groups is 1. The number of benzene rings is 1. The van der Waals surface area contributed by atoms with Crippen LogP contribution in [-0.2, 0) is 4.74 Å². The fraction of sp³-hybridized carbons (Fsp3) is 0.565. The molecule has 1 N–H and O–H groups in total. The Morgan fingerprint density at radius 3 is 2.82 bits per heavy atom. The predicted molar refractivity (Wildman–Crippen MR) is 111 cm³/mol. The predicted octanol–water partition coefficient (Wildman–Crippen LogP) is 4.33. The molecule has 2 aliphatic rings. The Balaban J connectivity index is 1.34. The Morgan fingerprint density at radius 2 is 2.04 bits per heavy atom. The van der Waals surface area contributed by atoms with Crippen molar-refractivity contribution in [3.8, 4) is 0 Å². The molecule has 4 rings (SSSR count). The van der Waals surface area contributed by atoms with E-state index >= 15 is 0 Å². The van der Waals surface area contributed by atoms with Crippen LogP contribution < -0.4 is 5.32 Å². The Kier molecular flexibility index (Phi) is 5.81. The van der Waals surface area contributed by atoms with Gasteiger partial charge in [0.25, 0.3) is 0 Å². The van der Waals surface area contributed by atoms with Gasteiger partial charge in [0.15, 0.2) is 0 Å². The Labute approximate surface area is 167 Å². The molecule has 0 saturated carbocycles. The van der Waals surface area contributed by atoms with E-state index in [0.29, 0.717) is 11.8 Å². The number of carbonyl (C=O) groups excluding carboxylic acids is 1. The van der Waals surface area contributed by atoms with Crippen LogP contribution in [0.3, 0.4) is 0 Å². The van der Waals surface area contributed by atoms with Gasteiger partial charge in [-0.15, -0.1) is 0 Å². The number of pyridine rings is 1. The van der Waals surface area contributed by atoms with Gasteiger partial charge in [-0.2, -0.15) is 0 Å². The number of piperidine rings is 1. The molecule has 2 atom stereocenters. The van der Waals surface area contributed by atoms with Crippen molar-refractivity contribution in [1.82, 2.24) is 15.2 Å². The number of hydrogen-bond donors (Lipinski definition) is 1. The van der Waals surface area contributed by atoms with Crippen LogP contribution in [0.15, 0.2) is 36.7 Å². The van der Waals surface area contributed by atoms with Crippen molar-refractivity contribution in [3.63, 3.8) is 0 Å². The molecule has 5 heteroatoms. The van der Waals surface area contributed by atoms with Crippen molar-refractivity contribution in [2.75, 3.05) is 19.7 Å². The summed E-state index contributed by atoms with van der Waals surface area (Å²) in [6.45, 7) is 6.74. The van der Waals surface area contributed by atoms with Gasteiger partial charge in [0.1, 0.15) is 0 Å². The highest BCUT2D eigenvalue weighted by molar-refractivity contribution is 5.85. The van der Waals surface area contributed by atoms with Gasteiger partial charge in [0, 0.05) is 43.5 Å². The molecule has 2 fully saturated rings. The number of hydrogen-bond acceptors (Lipinski definition) is 3. The molecule has 1 aromatic heterocycles.